The molecule has 2 aromatic rings. The highest BCUT2D eigenvalue weighted by molar-refractivity contribution is 7.89. The molecule has 0 saturated carbocycles. The molecule has 3 heterocycles. The molecule has 3 rings (SSSR count). The van der Waals surface area contributed by atoms with Crippen LogP contribution in [-0.2, 0) is 17.1 Å². The number of amides is 1. The van der Waals surface area contributed by atoms with E-state index in [9.17, 15) is 13.2 Å². The monoisotopic (exact) mass is 339 g/mol. The fourth-order valence-electron chi connectivity index (χ4n) is 2.47. The summed E-state index contributed by atoms with van der Waals surface area (Å²) in [5.41, 5.74) is 0.261. The molecule has 1 amide bonds. The summed E-state index contributed by atoms with van der Waals surface area (Å²) in [5.74, 6) is -0.237. The number of carbonyl (C=O) groups excluding carboxylic acids is 1. The van der Waals surface area contributed by atoms with Crippen molar-refractivity contribution in [2.75, 3.05) is 26.2 Å². The molecule has 0 bridgehead atoms. The number of sulfonamides is 1. The lowest BCUT2D eigenvalue weighted by Gasteiger charge is -2.20. The van der Waals surface area contributed by atoms with Gasteiger partial charge in [-0.25, -0.2) is 13.4 Å². The van der Waals surface area contributed by atoms with Crippen LogP contribution in [0.25, 0.3) is 0 Å². The summed E-state index contributed by atoms with van der Waals surface area (Å²) < 4.78 is 27.8. The number of aryl methyl sites for hydroxylation is 1. The van der Waals surface area contributed by atoms with Gasteiger partial charge in [0.2, 0.25) is 0 Å². The molecule has 0 aromatic carbocycles. The minimum Gasteiger partial charge on any atom is -0.336 e. The lowest BCUT2D eigenvalue weighted by molar-refractivity contribution is 0.0758. The smallest absolute Gasteiger partial charge is 0.276 e. The van der Waals surface area contributed by atoms with Crippen molar-refractivity contribution in [1.29, 1.82) is 0 Å². The minimum atomic E-state index is -3.61. The first-order valence-electron chi connectivity index (χ1n) is 7.12. The van der Waals surface area contributed by atoms with Gasteiger partial charge in [0.05, 0.1) is 18.7 Å². The third-order valence-electron chi connectivity index (χ3n) is 3.65. The summed E-state index contributed by atoms with van der Waals surface area (Å²) in [5, 5.41) is 7.61. The van der Waals surface area contributed by atoms with Crippen LogP contribution in [0.4, 0.5) is 0 Å². The first-order chi connectivity index (χ1) is 11.0. The second-order valence-corrected chi connectivity index (χ2v) is 7.15. The van der Waals surface area contributed by atoms with Crippen LogP contribution in [0, 0.1) is 0 Å². The number of nitrogens with one attached hydrogen (secondary N) is 1. The number of carbonyl (C=O) groups is 1. The molecule has 1 N–H and O–H groups in total. The molecule has 1 saturated heterocycles. The van der Waals surface area contributed by atoms with Gasteiger partial charge in [-0.3, -0.25) is 9.48 Å². The number of hydrogen-bond acceptors (Lipinski definition) is 6. The van der Waals surface area contributed by atoms with Crippen molar-refractivity contribution in [2.45, 2.75) is 11.4 Å². The largest absolute Gasteiger partial charge is 0.336 e. The zero-order valence-corrected chi connectivity index (χ0v) is 13.4. The average molecular weight is 339 g/mol. The highest BCUT2D eigenvalue weighted by atomic mass is 32.2. The number of hydrogen-bond donors (Lipinski definition) is 1. The molecular weight excluding hydrogens is 322 g/mol. The van der Waals surface area contributed by atoms with E-state index in [2.05, 4.69) is 20.3 Å². The summed E-state index contributed by atoms with van der Waals surface area (Å²) in [6.07, 6.45) is 4.71. The van der Waals surface area contributed by atoms with Crippen LogP contribution in [0.5, 0.6) is 0 Å². The first-order valence-corrected chi connectivity index (χ1v) is 8.56. The van der Waals surface area contributed by atoms with Crippen LogP contribution >= 0.6 is 0 Å². The van der Waals surface area contributed by atoms with Gasteiger partial charge in [0.25, 0.3) is 15.9 Å². The standard InChI is InChI=1S/C12H17N7O3S/c1-17-8-10(15-16-17)12(20)18-3-2-4-19(6-5-18)23(21,22)11-7-13-9-14-11/h7-9H,2-6H2,1H3,(H,13,14). The van der Waals surface area contributed by atoms with Crippen molar-refractivity contribution in [3.05, 3.63) is 24.4 Å². The molecule has 1 aliphatic heterocycles. The Morgan fingerprint density at radius 2 is 2.09 bits per heavy atom. The molecule has 124 valence electrons. The number of aromatic nitrogens is 5. The van der Waals surface area contributed by atoms with Gasteiger partial charge in [-0.2, -0.15) is 4.31 Å². The molecule has 10 nitrogen and oxygen atoms in total. The second-order valence-electron chi connectivity index (χ2n) is 5.24. The van der Waals surface area contributed by atoms with Gasteiger partial charge in [-0.15, -0.1) is 5.10 Å². The van der Waals surface area contributed by atoms with E-state index in [0.29, 0.717) is 26.1 Å². The summed E-state index contributed by atoms with van der Waals surface area (Å²) in [6.45, 7) is 1.37. The highest BCUT2D eigenvalue weighted by Crippen LogP contribution is 2.16. The van der Waals surface area contributed by atoms with Crippen molar-refractivity contribution in [3.63, 3.8) is 0 Å². The molecule has 23 heavy (non-hydrogen) atoms. The van der Waals surface area contributed by atoms with Crippen molar-refractivity contribution in [2.24, 2.45) is 7.05 Å². The molecule has 0 aliphatic carbocycles. The Labute approximate surface area is 133 Å². The number of imidazole rings is 1. The maximum absolute atomic E-state index is 12.5. The van der Waals surface area contributed by atoms with E-state index in [1.807, 2.05) is 0 Å². The molecule has 0 unspecified atom stereocenters. The molecule has 2 aromatic heterocycles. The number of aromatic amines is 1. The quantitative estimate of drug-likeness (QED) is 0.772. The maximum Gasteiger partial charge on any atom is 0.276 e. The summed E-state index contributed by atoms with van der Waals surface area (Å²) in [4.78, 5) is 20.3. The fourth-order valence-corrected chi connectivity index (χ4v) is 3.83. The molecule has 0 radical (unpaired) electrons. The molecule has 0 spiro atoms. The van der Waals surface area contributed by atoms with Crippen molar-refractivity contribution in [1.82, 2.24) is 34.2 Å². The van der Waals surface area contributed by atoms with Gasteiger partial charge in [0.15, 0.2) is 10.7 Å². The highest BCUT2D eigenvalue weighted by Gasteiger charge is 2.29. The van der Waals surface area contributed by atoms with Crippen LogP contribution in [0.2, 0.25) is 0 Å². The van der Waals surface area contributed by atoms with Gasteiger partial charge in [0.1, 0.15) is 0 Å². The summed E-state index contributed by atoms with van der Waals surface area (Å²) in [7, 11) is -1.92. The SMILES string of the molecule is Cn1cc(C(=O)N2CCCN(S(=O)(=O)c3cnc[nH]3)CC2)nn1. The van der Waals surface area contributed by atoms with Gasteiger partial charge in [-0.05, 0) is 6.42 Å². The van der Waals surface area contributed by atoms with E-state index in [4.69, 9.17) is 0 Å². The lowest BCUT2D eigenvalue weighted by atomic mass is 10.3. The molecular formula is C12H17N7O3S. The van der Waals surface area contributed by atoms with Crippen molar-refractivity contribution >= 4 is 15.9 Å². The van der Waals surface area contributed by atoms with Crippen LogP contribution in [0.3, 0.4) is 0 Å². The van der Waals surface area contributed by atoms with E-state index in [1.165, 1.54) is 21.5 Å². The van der Waals surface area contributed by atoms with Gasteiger partial charge < -0.3 is 9.88 Å². The van der Waals surface area contributed by atoms with Gasteiger partial charge >= 0.3 is 0 Å². The Morgan fingerprint density at radius 3 is 2.74 bits per heavy atom. The summed E-state index contributed by atoms with van der Waals surface area (Å²) in [6, 6.07) is 0. The topological polar surface area (TPSA) is 117 Å². The Kier molecular flexibility index (Phi) is 4.13. The van der Waals surface area contributed by atoms with Crippen molar-refractivity contribution in [3.8, 4) is 0 Å². The van der Waals surface area contributed by atoms with E-state index < -0.39 is 10.0 Å². The third kappa shape index (κ3) is 3.10. The zero-order valence-electron chi connectivity index (χ0n) is 12.6. The predicted molar refractivity (Wildman–Crippen MR) is 78.9 cm³/mol. The number of H-pyrrole nitrogens is 1. The molecule has 1 aliphatic rings. The first kappa shape index (κ1) is 15.6. The Hall–Kier alpha value is -2.27. The number of nitrogens with zero attached hydrogens (tertiary/aromatic N) is 6. The zero-order chi connectivity index (χ0) is 16.4. The van der Waals surface area contributed by atoms with E-state index in [0.717, 1.165) is 0 Å². The lowest BCUT2D eigenvalue weighted by Crippen LogP contribution is -2.37. The summed E-state index contributed by atoms with van der Waals surface area (Å²) >= 11 is 0. The van der Waals surface area contributed by atoms with E-state index in [1.54, 1.807) is 18.1 Å². The van der Waals surface area contributed by atoms with Crippen molar-refractivity contribution < 1.29 is 13.2 Å². The normalized spacial score (nSPS) is 17.2. The molecule has 0 atom stereocenters. The Bertz CT molecular complexity index is 783. The van der Waals surface area contributed by atoms with Gasteiger partial charge in [0, 0.05) is 33.2 Å². The van der Waals surface area contributed by atoms with E-state index >= 15 is 0 Å². The Morgan fingerprint density at radius 1 is 1.26 bits per heavy atom. The second kappa shape index (κ2) is 6.08. The Balaban J connectivity index is 1.71. The van der Waals surface area contributed by atoms with Gasteiger partial charge in [-0.1, -0.05) is 5.21 Å². The minimum absolute atomic E-state index is 0.0613. The maximum atomic E-state index is 12.5. The number of rotatable bonds is 3. The third-order valence-corrected chi connectivity index (χ3v) is 5.48. The predicted octanol–water partition coefficient (Wildman–Crippen LogP) is -0.925. The van der Waals surface area contributed by atoms with Crippen LogP contribution in [0.1, 0.15) is 16.9 Å². The molecule has 1 fully saturated rings. The average Bonchev–Trinajstić information content (AvgIpc) is 3.13. The van der Waals surface area contributed by atoms with Crippen LogP contribution in [0.15, 0.2) is 23.7 Å². The fraction of sp³-hybridized carbons (Fsp3) is 0.500. The van der Waals surface area contributed by atoms with Crippen LogP contribution < -0.4 is 0 Å². The van der Waals surface area contributed by atoms with Crippen LogP contribution in [-0.4, -0.2) is 74.7 Å². The van der Waals surface area contributed by atoms with E-state index in [-0.39, 0.29) is 23.2 Å². The molecule has 11 heteroatoms.